The number of unbranched alkanes of at least 4 members (excludes halogenated alkanes) is 1. The Balaban J connectivity index is 1.43. The minimum absolute atomic E-state index is 0.594. The lowest BCUT2D eigenvalue weighted by Gasteiger charge is -2.09. The second kappa shape index (κ2) is 8.74. The van der Waals surface area contributed by atoms with Crippen LogP contribution in [0.15, 0.2) is 54.7 Å². The second-order valence-electron chi connectivity index (χ2n) is 7.93. The number of nitrogens with zero attached hydrogens (tertiary/aromatic N) is 7. The molecule has 0 fully saturated rings. The van der Waals surface area contributed by atoms with E-state index in [4.69, 9.17) is 10.1 Å². The van der Waals surface area contributed by atoms with Crippen LogP contribution in [0.1, 0.15) is 43.6 Å². The van der Waals surface area contributed by atoms with Gasteiger partial charge in [0.15, 0.2) is 11.5 Å². The van der Waals surface area contributed by atoms with Gasteiger partial charge in [-0.3, -0.25) is 4.68 Å². The summed E-state index contributed by atoms with van der Waals surface area (Å²) in [4.78, 5) is 4.78. The van der Waals surface area contributed by atoms with Gasteiger partial charge in [-0.05, 0) is 34.7 Å². The Morgan fingerprint density at radius 1 is 0.969 bits per heavy atom. The highest BCUT2D eigenvalue weighted by molar-refractivity contribution is 5.80. The molecule has 0 spiro atoms. The summed E-state index contributed by atoms with van der Waals surface area (Å²) in [7, 11) is 0. The number of aryl methyl sites for hydroxylation is 2. The molecule has 0 bridgehead atoms. The van der Waals surface area contributed by atoms with Gasteiger partial charge in [-0.15, -0.1) is 15.3 Å². The molecule has 0 atom stereocenters. The fourth-order valence-corrected chi connectivity index (χ4v) is 4.00. The van der Waals surface area contributed by atoms with E-state index in [1.54, 1.807) is 0 Å². The number of hydrogen-bond donors (Lipinski definition) is 1. The van der Waals surface area contributed by atoms with Crippen LogP contribution in [-0.2, 0) is 19.4 Å². The number of hydrogen-bond acceptors (Lipinski definition) is 5. The molecular formula is C24H26N8. The van der Waals surface area contributed by atoms with Crippen molar-refractivity contribution >= 4 is 5.65 Å². The summed E-state index contributed by atoms with van der Waals surface area (Å²) in [5.74, 6) is 1.52. The van der Waals surface area contributed by atoms with Gasteiger partial charge in [-0.25, -0.2) is 4.98 Å². The van der Waals surface area contributed by atoms with Crippen molar-refractivity contribution in [3.63, 3.8) is 0 Å². The quantitative estimate of drug-likeness (QED) is 0.399. The first kappa shape index (κ1) is 20.1. The van der Waals surface area contributed by atoms with Crippen LogP contribution in [0.25, 0.3) is 28.2 Å². The molecule has 3 aromatic heterocycles. The molecule has 8 nitrogen and oxygen atoms in total. The average Bonchev–Trinajstić information content (AvgIpc) is 3.57. The predicted molar refractivity (Wildman–Crippen MR) is 123 cm³/mol. The van der Waals surface area contributed by atoms with Crippen LogP contribution in [0.5, 0.6) is 0 Å². The monoisotopic (exact) mass is 426 g/mol. The predicted octanol–water partition coefficient (Wildman–Crippen LogP) is 4.33. The second-order valence-corrected chi connectivity index (χ2v) is 7.93. The highest BCUT2D eigenvalue weighted by Gasteiger charge is 2.14. The summed E-state index contributed by atoms with van der Waals surface area (Å²) in [6, 6.07) is 16.7. The van der Waals surface area contributed by atoms with E-state index < -0.39 is 0 Å². The Labute approximate surface area is 186 Å². The van der Waals surface area contributed by atoms with Gasteiger partial charge in [0.1, 0.15) is 0 Å². The normalized spacial score (nSPS) is 11.4. The fraction of sp³-hybridized carbons (Fsp3) is 0.292. The Hall–Kier alpha value is -3.81. The molecule has 8 heteroatoms. The maximum absolute atomic E-state index is 4.78. The lowest BCUT2D eigenvalue weighted by Crippen LogP contribution is -2.07. The lowest BCUT2D eigenvalue weighted by atomic mass is 9.98. The van der Waals surface area contributed by atoms with Gasteiger partial charge in [0.2, 0.25) is 5.82 Å². The van der Waals surface area contributed by atoms with Crippen molar-refractivity contribution < 1.29 is 0 Å². The zero-order valence-corrected chi connectivity index (χ0v) is 18.4. The van der Waals surface area contributed by atoms with Gasteiger partial charge >= 0.3 is 0 Å². The van der Waals surface area contributed by atoms with Crippen LogP contribution < -0.4 is 0 Å². The van der Waals surface area contributed by atoms with Gasteiger partial charge in [0.25, 0.3) is 0 Å². The van der Waals surface area contributed by atoms with E-state index in [9.17, 15) is 0 Å². The first-order valence-electron chi connectivity index (χ1n) is 11.1. The Kier molecular flexibility index (Phi) is 5.49. The van der Waals surface area contributed by atoms with E-state index in [0.717, 1.165) is 60.4 Å². The number of fused-ring (bicyclic) bond motifs is 1. The molecule has 0 aliphatic heterocycles. The molecule has 0 saturated carbocycles. The smallest absolute Gasteiger partial charge is 0.205 e. The molecule has 5 rings (SSSR count). The number of H-pyrrole nitrogens is 1. The molecule has 1 N–H and O–H groups in total. The molecule has 162 valence electrons. The van der Waals surface area contributed by atoms with E-state index in [1.165, 1.54) is 11.1 Å². The number of aromatic nitrogens is 8. The summed E-state index contributed by atoms with van der Waals surface area (Å²) >= 11 is 0. The molecule has 0 aliphatic rings. The van der Waals surface area contributed by atoms with Crippen LogP contribution >= 0.6 is 0 Å². The van der Waals surface area contributed by atoms with E-state index in [1.807, 2.05) is 22.8 Å². The minimum Gasteiger partial charge on any atom is -0.266 e. The number of benzene rings is 2. The van der Waals surface area contributed by atoms with E-state index >= 15 is 0 Å². The van der Waals surface area contributed by atoms with E-state index in [0.29, 0.717) is 5.82 Å². The van der Waals surface area contributed by atoms with E-state index in [-0.39, 0.29) is 0 Å². The molecule has 3 heterocycles. The molecule has 2 aromatic carbocycles. The molecule has 0 radical (unpaired) electrons. The number of rotatable bonds is 8. The number of aromatic amines is 1. The van der Waals surface area contributed by atoms with Crippen molar-refractivity contribution in [1.29, 1.82) is 0 Å². The van der Waals surface area contributed by atoms with Crippen LogP contribution in [0, 0.1) is 0 Å². The van der Waals surface area contributed by atoms with Gasteiger partial charge < -0.3 is 0 Å². The summed E-state index contributed by atoms with van der Waals surface area (Å²) in [6.07, 6.45) is 6.29. The number of nitrogens with one attached hydrogen (secondary N) is 1. The highest BCUT2D eigenvalue weighted by atomic mass is 15.5. The van der Waals surface area contributed by atoms with Crippen LogP contribution in [0.4, 0.5) is 0 Å². The first-order chi connectivity index (χ1) is 15.8. The number of tetrazole rings is 1. The lowest BCUT2D eigenvalue weighted by molar-refractivity contribution is 0.576. The first-order valence-corrected chi connectivity index (χ1v) is 11.1. The SMILES string of the molecule is CCCCc1nc2c(CC)cn(Cc3ccc(-c4ccccc4-c4nn[nH]n4)cc3)n2n1. The zero-order valence-electron chi connectivity index (χ0n) is 18.4. The standard InChI is InChI=1S/C24H26N8/c1-3-5-10-22-25-24-18(4-2)16-31(32(24)28-22)15-17-11-13-19(14-12-17)20-8-6-7-9-21(20)23-26-29-30-27-23/h6-9,11-14,16H,3-5,10,15H2,1-2H3,(H,26,27,29,30). The van der Waals surface area contributed by atoms with Crippen LogP contribution in [-0.4, -0.2) is 40.0 Å². The largest absolute Gasteiger partial charge is 0.266 e. The maximum atomic E-state index is 4.78. The van der Waals surface area contributed by atoms with Crippen LogP contribution in [0.3, 0.4) is 0 Å². The van der Waals surface area contributed by atoms with E-state index in [2.05, 4.69) is 75.7 Å². The fourth-order valence-electron chi connectivity index (χ4n) is 4.00. The van der Waals surface area contributed by atoms with Crippen molar-refractivity contribution in [2.45, 2.75) is 46.1 Å². The third kappa shape index (κ3) is 3.79. The maximum Gasteiger partial charge on any atom is 0.205 e. The molecule has 0 aliphatic carbocycles. The summed E-state index contributed by atoms with van der Waals surface area (Å²) in [5.41, 5.74) is 6.56. The van der Waals surface area contributed by atoms with Gasteiger partial charge in [0.05, 0.1) is 6.54 Å². The third-order valence-corrected chi connectivity index (χ3v) is 5.73. The van der Waals surface area contributed by atoms with Gasteiger partial charge in [0, 0.05) is 23.7 Å². The van der Waals surface area contributed by atoms with Crippen LogP contribution in [0.2, 0.25) is 0 Å². The summed E-state index contributed by atoms with van der Waals surface area (Å²) in [6.45, 7) is 5.09. The Bertz CT molecular complexity index is 1310. The van der Waals surface area contributed by atoms with Crippen molar-refractivity contribution in [2.24, 2.45) is 0 Å². The average molecular weight is 427 g/mol. The molecule has 0 amide bonds. The Morgan fingerprint density at radius 3 is 2.50 bits per heavy atom. The van der Waals surface area contributed by atoms with Gasteiger partial charge in [-0.1, -0.05) is 68.8 Å². The highest BCUT2D eigenvalue weighted by Crippen LogP contribution is 2.29. The molecule has 0 unspecified atom stereocenters. The van der Waals surface area contributed by atoms with Crippen molar-refractivity contribution in [3.05, 3.63) is 71.7 Å². The van der Waals surface area contributed by atoms with Crippen molar-refractivity contribution in [1.82, 2.24) is 40.0 Å². The molecule has 0 saturated heterocycles. The third-order valence-electron chi connectivity index (χ3n) is 5.73. The molecule has 32 heavy (non-hydrogen) atoms. The van der Waals surface area contributed by atoms with Crippen molar-refractivity contribution in [2.75, 3.05) is 0 Å². The summed E-state index contributed by atoms with van der Waals surface area (Å²) in [5, 5.41) is 19.3. The zero-order chi connectivity index (χ0) is 21.9. The summed E-state index contributed by atoms with van der Waals surface area (Å²) < 4.78 is 4.11. The minimum atomic E-state index is 0.594. The molecule has 5 aromatic rings. The van der Waals surface area contributed by atoms with Gasteiger partial charge in [-0.2, -0.15) is 9.84 Å². The Morgan fingerprint density at radius 2 is 1.78 bits per heavy atom. The molecular weight excluding hydrogens is 400 g/mol. The topological polar surface area (TPSA) is 89.6 Å². The van der Waals surface area contributed by atoms with Crippen molar-refractivity contribution in [3.8, 4) is 22.5 Å².